The van der Waals surface area contributed by atoms with Crippen molar-refractivity contribution in [2.24, 2.45) is 5.92 Å². The molecule has 1 unspecified atom stereocenters. The third-order valence-corrected chi connectivity index (χ3v) is 5.99. The third-order valence-electron chi connectivity index (χ3n) is 3.74. The number of aliphatic hydroxyl groups is 1. The van der Waals surface area contributed by atoms with E-state index in [4.69, 9.17) is 4.74 Å². The number of hydrogen-bond acceptors (Lipinski definition) is 3. The fraction of sp³-hybridized carbons (Fsp3) is 0.688. The van der Waals surface area contributed by atoms with E-state index in [1.165, 1.54) is 38.6 Å². The molecule has 1 rings (SSSR count). The number of allylic oxidation sites excluding steroid dienone is 3. The Morgan fingerprint density at radius 1 is 1.40 bits per heavy atom. The first-order chi connectivity index (χ1) is 9.58. The van der Waals surface area contributed by atoms with Crippen LogP contribution in [0.4, 0.5) is 0 Å². The number of aliphatic hydroxyl groups excluding tert-OH is 1. The first kappa shape index (κ1) is 18.0. The van der Waals surface area contributed by atoms with E-state index in [-0.39, 0.29) is 18.3 Å². The Balaban J connectivity index is 2.54. The maximum absolute atomic E-state index is 11.7. The van der Waals surface area contributed by atoms with Crippen molar-refractivity contribution in [3.8, 4) is 0 Å². The van der Waals surface area contributed by atoms with E-state index in [2.05, 4.69) is 0 Å². The van der Waals surface area contributed by atoms with E-state index in [1.807, 2.05) is 19.1 Å². The van der Waals surface area contributed by atoms with Crippen LogP contribution in [0.15, 0.2) is 23.8 Å². The number of carbonyl (C=O) groups excluding carboxylic acids is 1. The molecule has 0 aliphatic heterocycles. The normalized spacial score (nSPS) is 25.9. The molecule has 0 aromatic rings. The van der Waals surface area contributed by atoms with Gasteiger partial charge in [-0.05, 0) is 0 Å². The molecule has 0 aromatic heterocycles. The minimum atomic E-state index is -0.211. The molecule has 1 saturated carbocycles. The molecular weight excluding hydrogens is 447 g/mol. The van der Waals surface area contributed by atoms with Gasteiger partial charge in [-0.15, -0.1) is 0 Å². The average Bonchev–Trinajstić information content (AvgIpc) is 2.44. The number of hydrogen-bond donors (Lipinski definition) is 1. The van der Waals surface area contributed by atoms with Crippen LogP contribution in [0.2, 0.25) is 3.48 Å². The first-order valence-electron chi connectivity index (χ1n) is 7.35. The van der Waals surface area contributed by atoms with Crippen LogP contribution in [0.25, 0.3) is 0 Å². The predicted molar refractivity (Wildman–Crippen MR) is 81.9 cm³/mol. The summed E-state index contributed by atoms with van der Waals surface area (Å²) < 4.78 is 6.87. The SMILES string of the molecule is C/C=C\C=C(/C(C)=O)C(CO)COC1CC[CH]([Pb])CC1. The molecule has 0 amide bonds. The molecule has 1 N–H and O–H groups in total. The second-order valence-electron chi connectivity index (χ2n) is 5.39. The van der Waals surface area contributed by atoms with E-state index in [0.29, 0.717) is 18.3 Å². The summed E-state index contributed by atoms with van der Waals surface area (Å²) in [7, 11) is 0. The summed E-state index contributed by atoms with van der Waals surface area (Å²) in [5.41, 5.74) is 0.655. The molecule has 111 valence electrons. The number of Topliss-reactive ketones (excluding diaryl/α,β-unsaturated/α-hetero) is 1. The van der Waals surface area contributed by atoms with Gasteiger partial charge >= 0.3 is 138 Å². The van der Waals surface area contributed by atoms with Crippen LogP contribution in [-0.2, 0) is 9.53 Å². The summed E-state index contributed by atoms with van der Waals surface area (Å²) in [5, 5.41) is 9.52. The molecule has 1 fully saturated rings. The molecule has 0 saturated heterocycles. The molecular formula is C16H25O3Pb. The summed E-state index contributed by atoms with van der Waals surface area (Å²) in [5.74, 6) is -0.202. The Labute approximate surface area is 138 Å². The fourth-order valence-electron chi connectivity index (χ4n) is 2.46. The predicted octanol–water partition coefficient (Wildman–Crippen LogP) is 2.60. The summed E-state index contributed by atoms with van der Waals surface area (Å²) in [6.45, 7) is 3.85. The van der Waals surface area contributed by atoms with Gasteiger partial charge in [0.05, 0.1) is 0 Å². The Bertz CT molecular complexity index is 355. The van der Waals surface area contributed by atoms with Gasteiger partial charge in [0.1, 0.15) is 0 Å². The standard InChI is InChI=1S/C16H25O3.Pb/c1-3-4-10-16(13(2)18)14(11-17)12-19-15-8-6-5-7-9-15;/h3-5,10,14-15,17H,6-9,11-12H2,1-2H3;/b4-3-,16-10+;. The summed E-state index contributed by atoms with van der Waals surface area (Å²) in [6, 6.07) is 0. The Kier molecular flexibility index (Phi) is 8.88. The molecule has 3 radical (unpaired) electrons. The van der Waals surface area contributed by atoms with Gasteiger partial charge in [-0.25, -0.2) is 0 Å². The summed E-state index contributed by atoms with van der Waals surface area (Å²) >= 11 is 1.28. The van der Waals surface area contributed by atoms with Crippen LogP contribution in [0.3, 0.4) is 0 Å². The topological polar surface area (TPSA) is 46.5 Å². The zero-order valence-electron chi connectivity index (χ0n) is 12.5. The van der Waals surface area contributed by atoms with Crippen LogP contribution in [-0.4, -0.2) is 56.0 Å². The van der Waals surface area contributed by atoms with Gasteiger partial charge in [-0.3, -0.25) is 0 Å². The van der Waals surface area contributed by atoms with Crippen LogP contribution in [0, 0.1) is 5.92 Å². The average molecular weight is 473 g/mol. The van der Waals surface area contributed by atoms with Gasteiger partial charge in [0, 0.05) is 0 Å². The van der Waals surface area contributed by atoms with Crippen LogP contribution in [0.1, 0.15) is 39.5 Å². The number of ketones is 1. The van der Waals surface area contributed by atoms with E-state index < -0.39 is 0 Å². The van der Waals surface area contributed by atoms with Gasteiger partial charge < -0.3 is 0 Å². The van der Waals surface area contributed by atoms with Crippen molar-refractivity contribution in [1.82, 2.24) is 0 Å². The van der Waals surface area contributed by atoms with E-state index in [9.17, 15) is 9.90 Å². The minimum absolute atomic E-state index is 0.00835. The van der Waals surface area contributed by atoms with E-state index in [1.54, 1.807) is 13.0 Å². The number of carbonyl (C=O) groups is 1. The number of rotatable bonds is 7. The van der Waals surface area contributed by atoms with E-state index >= 15 is 0 Å². The Morgan fingerprint density at radius 2 is 2.05 bits per heavy atom. The van der Waals surface area contributed by atoms with Crippen molar-refractivity contribution in [2.75, 3.05) is 13.2 Å². The molecule has 1 aliphatic rings. The zero-order valence-corrected chi connectivity index (χ0v) is 16.4. The van der Waals surface area contributed by atoms with Crippen LogP contribution >= 0.6 is 0 Å². The summed E-state index contributed by atoms with van der Waals surface area (Å²) in [6.07, 6.45) is 10.6. The van der Waals surface area contributed by atoms with Crippen LogP contribution in [0.5, 0.6) is 0 Å². The van der Waals surface area contributed by atoms with Crippen molar-refractivity contribution in [2.45, 2.75) is 49.1 Å². The summed E-state index contributed by atoms with van der Waals surface area (Å²) in [4.78, 5) is 11.7. The van der Waals surface area contributed by atoms with Crippen molar-refractivity contribution in [3.63, 3.8) is 0 Å². The zero-order chi connectivity index (χ0) is 15.0. The van der Waals surface area contributed by atoms with Gasteiger partial charge in [-0.2, -0.15) is 0 Å². The molecule has 20 heavy (non-hydrogen) atoms. The molecule has 3 nitrogen and oxygen atoms in total. The fourth-order valence-corrected chi connectivity index (χ4v) is 3.76. The second-order valence-corrected chi connectivity index (χ2v) is 8.56. The molecule has 4 heteroatoms. The van der Waals surface area contributed by atoms with Gasteiger partial charge in [0.25, 0.3) is 0 Å². The quantitative estimate of drug-likeness (QED) is 0.352. The molecule has 1 aliphatic carbocycles. The van der Waals surface area contributed by atoms with Crippen molar-refractivity contribution in [1.29, 1.82) is 0 Å². The van der Waals surface area contributed by atoms with Crippen molar-refractivity contribution >= 4 is 31.6 Å². The number of ether oxygens (including phenoxy) is 1. The first-order valence-corrected chi connectivity index (χ1v) is 9.60. The molecule has 0 heterocycles. The van der Waals surface area contributed by atoms with Gasteiger partial charge in [-0.1, -0.05) is 0 Å². The molecule has 0 spiro atoms. The van der Waals surface area contributed by atoms with Gasteiger partial charge in [0.15, 0.2) is 0 Å². The van der Waals surface area contributed by atoms with Crippen molar-refractivity contribution in [3.05, 3.63) is 23.8 Å². The molecule has 0 bridgehead atoms. The molecule has 1 atom stereocenters. The Hall–Kier alpha value is -0.00792. The van der Waals surface area contributed by atoms with Gasteiger partial charge in [0.2, 0.25) is 0 Å². The Morgan fingerprint density at radius 3 is 2.55 bits per heavy atom. The van der Waals surface area contributed by atoms with Crippen molar-refractivity contribution < 1.29 is 14.6 Å². The van der Waals surface area contributed by atoms with Crippen LogP contribution < -0.4 is 0 Å². The second kappa shape index (κ2) is 9.84. The maximum atomic E-state index is 11.7. The third kappa shape index (κ3) is 6.18. The van der Waals surface area contributed by atoms with E-state index in [0.717, 1.165) is 16.3 Å². The molecule has 0 aromatic carbocycles. The monoisotopic (exact) mass is 473 g/mol.